The smallest absolute Gasteiger partial charge is 0.0500 e. The van der Waals surface area contributed by atoms with Gasteiger partial charge in [0.05, 0.1) is 0 Å². The van der Waals surface area contributed by atoms with Crippen molar-refractivity contribution >= 4 is 0 Å². The van der Waals surface area contributed by atoms with Crippen LogP contribution < -0.4 is 0 Å². The monoisotopic (exact) mass is 113 g/mol. The van der Waals surface area contributed by atoms with Gasteiger partial charge in [-0.3, -0.25) is 0 Å². The Hall–Kier alpha value is -0.0400. The van der Waals surface area contributed by atoms with Crippen molar-refractivity contribution in [3.63, 3.8) is 0 Å². The van der Waals surface area contributed by atoms with E-state index in [-0.39, 0.29) is 0 Å². The standard InChI is InChI=1S/C7H13O/c1-6(2)7-3-4-8-5-7/h7H,3-5H2,1-2H3. The van der Waals surface area contributed by atoms with E-state index in [0.717, 1.165) is 19.1 Å². The van der Waals surface area contributed by atoms with Gasteiger partial charge in [-0.15, -0.1) is 0 Å². The maximum absolute atomic E-state index is 5.20. The molecule has 1 rings (SSSR count). The second-order valence-electron chi connectivity index (χ2n) is 2.64. The Morgan fingerprint density at radius 2 is 2.25 bits per heavy atom. The number of hydrogen-bond acceptors (Lipinski definition) is 1. The highest BCUT2D eigenvalue weighted by atomic mass is 16.5. The molecule has 0 bridgehead atoms. The summed E-state index contributed by atoms with van der Waals surface area (Å²) in [5.41, 5.74) is 0. The summed E-state index contributed by atoms with van der Waals surface area (Å²) in [4.78, 5) is 0. The molecule has 1 nitrogen and oxygen atoms in total. The second-order valence-corrected chi connectivity index (χ2v) is 2.64. The van der Waals surface area contributed by atoms with Gasteiger partial charge < -0.3 is 4.74 Å². The molecule has 0 aromatic heterocycles. The molecule has 1 saturated heterocycles. The lowest BCUT2D eigenvalue weighted by molar-refractivity contribution is 0.187. The quantitative estimate of drug-likeness (QED) is 0.502. The maximum atomic E-state index is 5.20. The normalized spacial score (nSPS) is 29.6. The van der Waals surface area contributed by atoms with E-state index in [1.807, 2.05) is 0 Å². The Balaban J connectivity index is 2.24. The first-order chi connectivity index (χ1) is 3.80. The summed E-state index contributed by atoms with van der Waals surface area (Å²) in [5.74, 6) is 2.28. The van der Waals surface area contributed by atoms with Gasteiger partial charge in [0, 0.05) is 13.2 Å². The average Bonchev–Trinajstić information content (AvgIpc) is 2.12. The molecule has 1 radical (unpaired) electrons. The minimum absolute atomic E-state index is 0.759. The van der Waals surface area contributed by atoms with Crippen LogP contribution in [-0.2, 0) is 4.74 Å². The molecular formula is C7H13O. The Labute approximate surface area is 51.0 Å². The maximum Gasteiger partial charge on any atom is 0.0500 e. The molecule has 0 N–H and O–H groups in total. The molecule has 1 unspecified atom stereocenters. The molecule has 1 aliphatic rings. The van der Waals surface area contributed by atoms with Gasteiger partial charge in [0.2, 0.25) is 0 Å². The molecule has 0 saturated carbocycles. The summed E-state index contributed by atoms with van der Waals surface area (Å²) >= 11 is 0. The van der Waals surface area contributed by atoms with E-state index >= 15 is 0 Å². The molecule has 0 amide bonds. The first-order valence-corrected chi connectivity index (χ1v) is 3.18. The van der Waals surface area contributed by atoms with Crippen molar-refractivity contribution in [2.45, 2.75) is 20.3 Å². The van der Waals surface area contributed by atoms with Crippen molar-refractivity contribution in [3.05, 3.63) is 5.92 Å². The first-order valence-electron chi connectivity index (χ1n) is 3.18. The summed E-state index contributed by atoms with van der Waals surface area (Å²) in [7, 11) is 0. The number of hydrogen-bond donors (Lipinski definition) is 0. The van der Waals surface area contributed by atoms with Gasteiger partial charge in [-0.25, -0.2) is 0 Å². The van der Waals surface area contributed by atoms with Crippen LogP contribution in [0.25, 0.3) is 0 Å². The van der Waals surface area contributed by atoms with Gasteiger partial charge in [-0.05, 0) is 18.3 Å². The van der Waals surface area contributed by atoms with Crippen LogP contribution in [-0.4, -0.2) is 13.2 Å². The Kier molecular flexibility index (Phi) is 1.90. The molecular weight excluding hydrogens is 100 g/mol. The van der Waals surface area contributed by atoms with E-state index in [4.69, 9.17) is 4.74 Å². The van der Waals surface area contributed by atoms with Crippen LogP contribution in [0.2, 0.25) is 0 Å². The highest BCUT2D eigenvalue weighted by Crippen LogP contribution is 2.21. The third kappa shape index (κ3) is 1.22. The fourth-order valence-corrected chi connectivity index (χ4v) is 0.990. The van der Waals surface area contributed by atoms with E-state index < -0.39 is 0 Å². The lowest BCUT2D eigenvalue weighted by Gasteiger charge is -2.08. The largest absolute Gasteiger partial charge is 0.381 e. The van der Waals surface area contributed by atoms with E-state index in [2.05, 4.69) is 13.8 Å². The molecule has 1 fully saturated rings. The van der Waals surface area contributed by atoms with Crippen LogP contribution in [0.3, 0.4) is 0 Å². The van der Waals surface area contributed by atoms with Crippen LogP contribution in [0, 0.1) is 11.8 Å². The van der Waals surface area contributed by atoms with Crippen molar-refractivity contribution in [1.29, 1.82) is 0 Å². The average molecular weight is 113 g/mol. The predicted octanol–water partition coefficient (Wildman–Crippen LogP) is 1.64. The lowest BCUT2D eigenvalue weighted by atomic mass is 9.96. The van der Waals surface area contributed by atoms with Gasteiger partial charge in [0.25, 0.3) is 0 Å². The summed E-state index contributed by atoms with van der Waals surface area (Å²) in [6, 6.07) is 0. The summed E-state index contributed by atoms with van der Waals surface area (Å²) in [5, 5.41) is 0. The van der Waals surface area contributed by atoms with E-state index in [9.17, 15) is 0 Å². The molecule has 1 atom stereocenters. The van der Waals surface area contributed by atoms with Crippen molar-refractivity contribution in [3.8, 4) is 0 Å². The Morgan fingerprint density at radius 1 is 1.50 bits per heavy atom. The Bertz CT molecular complexity index is 62.8. The van der Waals surface area contributed by atoms with Crippen LogP contribution in [0.15, 0.2) is 0 Å². The van der Waals surface area contributed by atoms with Gasteiger partial charge in [0.15, 0.2) is 0 Å². The van der Waals surface area contributed by atoms with E-state index in [0.29, 0.717) is 0 Å². The van der Waals surface area contributed by atoms with Crippen LogP contribution in [0.4, 0.5) is 0 Å². The third-order valence-electron chi connectivity index (χ3n) is 1.75. The van der Waals surface area contributed by atoms with Crippen molar-refractivity contribution < 1.29 is 4.74 Å². The number of ether oxygens (including phenoxy) is 1. The van der Waals surface area contributed by atoms with Gasteiger partial charge >= 0.3 is 0 Å². The van der Waals surface area contributed by atoms with Gasteiger partial charge in [0.1, 0.15) is 0 Å². The fourth-order valence-electron chi connectivity index (χ4n) is 0.990. The minimum atomic E-state index is 0.759. The molecule has 0 aromatic carbocycles. The van der Waals surface area contributed by atoms with Crippen molar-refractivity contribution in [2.24, 2.45) is 5.92 Å². The van der Waals surface area contributed by atoms with Gasteiger partial charge in [-0.2, -0.15) is 0 Å². The molecule has 47 valence electrons. The third-order valence-corrected chi connectivity index (χ3v) is 1.75. The van der Waals surface area contributed by atoms with Crippen LogP contribution in [0.5, 0.6) is 0 Å². The molecule has 0 spiro atoms. The SMILES string of the molecule is C[C](C)C1CCOC1. The zero-order chi connectivity index (χ0) is 5.98. The van der Waals surface area contributed by atoms with Crippen molar-refractivity contribution in [1.82, 2.24) is 0 Å². The first kappa shape index (κ1) is 6.09. The van der Waals surface area contributed by atoms with Crippen LogP contribution >= 0.6 is 0 Å². The van der Waals surface area contributed by atoms with E-state index in [1.165, 1.54) is 12.3 Å². The summed E-state index contributed by atoms with van der Waals surface area (Å²) < 4.78 is 5.20. The molecule has 1 aliphatic heterocycles. The number of rotatable bonds is 1. The predicted molar refractivity (Wildman–Crippen MR) is 33.5 cm³/mol. The highest BCUT2D eigenvalue weighted by molar-refractivity contribution is 4.88. The topological polar surface area (TPSA) is 9.23 Å². The zero-order valence-corrected chi connectivity index (χ0v) is 5.61. The summed E-state index contributed by atoms with van der Waals surface area (Å²) in [6.07, 6.45) is 1.24. The zero-order valence-electron chi connectivity index (χ0n) is 5.61. The molecule has 8 heavy (non-hydrogen) atoms. The van der Waals surface area contributed by atoms with E-state index in [1.54, 1.807) is 0 Å². The van der Waals surface area contributed by atoms with Crippen LogP contribution in [0.1, 0.15) is 20.3 Å². The minimum Gasteiger partial charge on any atom is -0.381 e. The Morgan fingerprint density at radius 3 is 2.50 bits per heavy atom. The van der Waals surface area contributed by atoms with Gasteiger partial charge in [-0.1, -0.05) is 13.8 Å². The molecule has 0 aromatic rings. The highest BCUT2D eigenvalue weighted by Gasteiger charge is 2.18. The molecule has 0 aliphatic carbocycles. The lowest BCUT2D eigenvalue weighted by Crippen LogP contribution is -2.04. The molecule has 1 heterocycles. The second kappa shape index (κ2) is 2.49. The summed E-state index contributed by atoms with van der Waals surface area (Å²) in [6.45, 7) is 6.29. The van der Waals surface area contributed by atoms with Crippen molar-refractivity contribution in [2.75, 3.05) is 13.2 Å². The fraction of sp³-hybridized carbons (Fsp3) is 0.857. The molecule has 1 heteroatoms.